The summed E-state index contributed by atoms with van der Waals surface area (Å²) in [6.07, 6.45) is 6.34. The topological polar surface area (TPSA) is 44.2 Å². The van der Waals surface area contributed by atoms with E-state index >= 15 is 0 Å². The molecule has 0 amide bonds. The van der Waals surface area contributed by atoms with Gasteiger partial charge >= 0.3 is 0 Å². The maximum atomic E-state index is 7.29. The van der Waals surface area contributed by atoms with Crippen LogP contribution in [-0.4, -0.2) is 16.1 Å². The molecular weight excluding hydrogens is 805 g/mol. The molecule has 9 aromatic rings. The fourth-order valence-corrected chi connectivity index (χ4v) is 11.2. The van der Waals surface area contributed by atoms with Crippen molar-refractivity contribution >= 4 is 0 Å². The van der Waals surface area contributed by atoms with Gasteiger partial charge in [0.05, 0.1) is 28.1 Å². The monoisotopic (exact) mass is 850 g/mol. The second kappa shape index (κ2) is 15.9. The second-order valence-electron chi connectivity index (χ2n) is 17.6. The normalized spacial score (nSPS) is 17.2. The van der Waals surface area contributed by atoms with Crippen molar-refractivity contribution in [2.45, 2.75) is 36.7 Å². The molecule has 4 nitrogen and oxygen atoms in total. The molecule has 0 saturated carbocycles. The molecule has 316 valence electrons. The molecule has 2 aliphatic heterocycles. The molecule has 0 saturated heterocycles. The van der Waals surface area contributed by atoms with Gasteiger partial charge in [-0.15, -0.1) is 0 Å². The van der Waals surface area contributed by atoms with Gasteiger partial charge in [-0.1, -0.05) is 206 Å². The first-order chi connectivity index (χ1) is 32.6. The van der Waals surface area contributed by atoms with E-state index in [1.165, 1.54) is 11.1 Å². The molecule has 2 unspecified atom stereocenters. The smallest absolute Gasteiger partial charge is 0.160 e. The Balaban J connectivity index is 1.10. The van der Waals surface area contributed by atoms with Gasteiger partial charge in [0, 0.05) is 27.8 Å². The summed E-state index contributed by atoms with van der Waals surface area (Å²) in [5.74, 6) is 2.84. The SMILES string of the molecule is Cc1cccc(C)c1-c1nc(-c2cccc3c2Oc2ccccc2C3(c2ccccc2)c2ccccc2)cc(C2C=CC=C3C2Oc2ccccc2C3(c2ccccc2)c2ccccc2)n1. The van der Waals surface area contributed by atoms with Crippen LogP contribution >= 0.6 is 0 Å². The minimum absolute atomic E-state index is 0.274. The van der Waals surface area contributed by atoms with Crippen LogP contribution in [0.3, 0.4) is 0 Å². The van der Waals surface area contributed by atoms with E-state index in [0.29, 0.717) is 5.82 Å². The molecule has 3 aliphatic rings. The van der Waals surface area contributed by atoms with E-state index in [4.69, 9.17) is 19.4 Å². The molecule has 0 bridgehead atoms. The van der Waals surface area contributed by atoms with Crippen molar-refractivity contribution in [1.29, 1.82) is 0 Å². The molecule has 0 fully saturated rings. The number of hydrogen-bond donors (Lipinski definition) is 0. The van der Waals surface area contributed by atoms with Crippen molar-refractivity contribution in [2.24, 2.45) is 0 Å². The molecule has 3 heterocycles. The van der Waals surface area contributed by atoms with Crippen LogP contribution in [0.1, 0.15) is 61.7 Å². The van der Waals surface area contributed by atoms with Gasteiger partial charge in [0.2, 0.25) is 0 Å². The Hall–Kier alpha value is -8.08. The third kappa shape index (κ3) is 5.98. The van der Waals surface area contributed by atoms with Crippen molar-refractivity contribution < 1.29 is 9.47 Å². The zero-order valence-electron chi connectivity index (χ0n) is 36.8. The molecule has 1 aliphatic carbocycles. The molecule has 8 aromatic carbocycles. The summed E-state index contributed by atoms with van der Waals surface area (Å²) in [6.45, 7) is 4.29. The average molecular weight is 851 g/mol. The van der Waals surface area contributed by atoms with Crippen LogP contribution in [0.5, 0.6) is 17.2 Å². The summed E-state index contributed by atoms with van der Waals surface area (Å²) in [5.41, 5.74) is 13.6. The third-order valence-electron chi connectivity index (χ3n) is 14.0. The maximum Gasteiger partial charge on any atom is 0.160 e. The van der Waals surface area contributed by atoms with Crippen molar-refractivity contribution in [3.63, 3.8) is 0 Å². The average Bonchev–Trinajstić information content (AvgIpc) is 3.38. The van der Waals surface area contributed by atoms with E-state index in [1.807, 2.05) is 0 Å². The number of para-hydroxylation sites is 3. The molecule has 2 atom stereocenters. The van der Waals surface area contributed by atoms with Gasteiger partial charge in [0.1, 0.15) is 23.4 Å². The van der Waals surface area contributed by atoms with E-state index in [-0.39, 0.29) is 5.92 Å². The number of fused-ring (bicyclic) bond motifs is 4. The minimum Gasteiger partial charge on any atom is -0.485 e. The fraction of sp³-hybridized carbons (Fsp3) is 0.0968. The first kappa shape index (κ1) is 39.5. The van der Waals surface area contributed by atoms with Gasteiger partial charge in [0.15, 0.2) is 5.82 Å². The number of benzene rings is 8. The molecule has 0 spiro atoms. The van der Waals surface area contributed by atoms with Crippen LogP contribution in [0.15, 0.2) is 236 Å². The Morgan fingerprint density at radius 3 is 1.58 bits per heavy atom. The molecule has 12 rings (SSSR count). The number of hydrogen-bond acceptors (Lipinski definition) is 4. The fourth-order valence-electron chi connectivity index (χ4n) is 11.2. The molecule has 4 heteroatoms. The quantitative estimate of drug-likeness (QED) is 0.160. The van der Waals surface area contributed by atoms with Crippen LogP contribution in [0.2, 0.25) is 0 Å². The summed E-state index contributed by atoms with van der Waals surface area (Å²) in [6, 6.07) is 75.5. The van der Waals surface area contributed by atoms with E-state index in [1.54, 1.807) is 0 Å². The summed E-state index contributed by atoms with van der Waals surface area (Å²) in [7, 11) is 0. The van der Waals surface area contributed by atoms with Gasteiger partial charge in [-0.2, -0.15) is 0 Å². The Morgan fingerprint density at radius 2 is 0.970 bits per heavy atom. The minimum atomic E-state index is -0.679. The lowest BCUT2D eigenvalue weighted by atomic mass is 9.59. The Morgan fingerprint density at radius 1 is 0.470 bits per heavy atom. The predicted octanol–water partition coefficient (Wildman–Crippen LogP) is 14.3. The summed E-state index contributed by atoms with van der Waals surface area (Å²) in [4.78, 5) is 11.1. The van der Waals surface area contributed by atoms with Crippen molar-refractivity contribution in [2.75, 3.05) is 0 Å². The predicted molar refractivity (Wildman–Crippen MR) is 264 cm³/mol. The van der Waals surface area contributed by atoms with Crippen molar-refractivity contribution in [3.05, 3.63) is 292 Å². The molecule has 0 radical (unpaired) electrons. The first-order valence-corrected chi connectivity index (χ1v) is 22.8. The maximum absolute atomic E-state index is 7.29. The number of nitrogens with zero attached hydrogens (tertiary/aromatic N) is 2. The van der Waals surface area contributed by atoms with Gasteiger partial charge < -0.3 is 9.47 Å². The third-order valence-corrected chi connectivity index (χ3v) is 14.0. The molecule has 0 N–H and O–H groups in total. The largest absolute Gasteiger partial charge is 0.485 e. The van der Waals surface area contributed by atoms with Gasteiger partial charge in [-0.05, 0) is 77.1 Å². The standard InChI is InChI=1S/C62H46N2O2/c1-41-22-19-23-42(2)57(41)60-63-53(47-32-20-36-51-58(47)65-55-38-17-15-34-49(55)61(51,43-24-7-3-8-25-43)44-26-9-4-10-27-44)40-54(64-60)48-33-21-37-52-59(48)66-56-39-18-16-35-50(56)62(52,45-28-11-5-12-29-45)46-30-13-6-14-31-46/h3-40,47,58H,1-2H3. The lowest BCUT2D eigenvalue weighted by molar-refractivity contribution is 0.185. The van der Waals surface area contributed by atoms with Crippen LogP contribution in [0.4, 0.5) is 0 Å². The van der Waals surface area contributed by atoms with E-state index in [9.17, 15) is 0 Å². The zero-order chi connectivity index (χ0) is 44.2. The van der Waals surface area contributed by atoms with Gasteiger partial charge in [-0.3, -0.25) is 0 Å². The number of allylic oxidation sites excluding steroid dienone is 2. The highest BCUT2D eigenvalue weighted by atomic mass is 16.5. The van der Waals surface area contributed by atoms with Crippen LogP contribution in [0, 0.1) is 13.8 Å². The Labute approximate surface area is 386 Å². The van der Waals surface area contributed by atoms with E-state index < -0.39 is 16.9 Å². The van der Waals surface area contributed by atoms with E-state index in [0.717, 1.165) is 84.3 Å². The number of rotatable bonds is 7. The Bertz CT molecular complexity index is 3240. The van der Waals surface area contributed by atoms with Gasteiger partial charge in [-0.25, -0.2) is 9.97 Å². The lowest BCUT2D eigenvalue weighted by Gasteiger charge is -2.48. The van der Waals surface area contributed by atoms with Crippen LogP contribution in [-0.2, 0) is 10.8 Å². The second-order valence-corrected chi connectivity index (χ2v) is 17.6. The molecular formula is C62H46N2O2. The summed E-state index contributed by atoms with van der Waals surface area (Å²) in [5, 5.41) is 0. The molecule has 1 aromatic heterocycles. The first-order valence-electron chi connectivity index (χ1n) is 22.8. The zero-order valence-corrected chi connectivity index (χ0v) is 36.8. The van der Waals surface area contributed by atoms with Crippen LogP contribution in [0.25, 0.3) is 22.6 Å². The van der Waals surface area contributed by atoms with Gasteiger partial charge in [0.25, 0.3) is 0 Å². The summed E-state index contributed by atoms with van der Waals surface area (Å²) >= 11 is 0. The highest BCUT2D eigenvalue weighted by Crippen LogP contribution is 2.59. The summed E-state index contributed by atoms with van der Waals surface area (Å²) < 4.78 is 14.5. The lowest BCUT2D eigenvalue weighted by Crippen LogP contribution is -2.46. The Kier molecular flexibility index (Phi) is 9.50. The van der Waals surface area contributed by atoms with E-state index in [2.05, 4.69) is 244 Å². The van der Waals surface area contributed by atoms with Crippen molar-refractivity contribution in [3.8, 4) is 39.9 Å². The highest BCUT2D eigenvalue weighted by Gasteiger charge is 2.51. The van der Waals surface area contributed by atoms with Crippen molar-refractivity contribution in [1.82, 2.24) is 9.97 Å². The number of aromatic nitrogens is 2. The number of ether oxygens (including phenoxy) is 2. The highest BCUT2D eigenvalue weighted by molar-refractivity contribution is 5.80. The van der Waals surface area contributed by atoms with Crippen LogP contribution < -0.4 is 9.47 Å². The number of aryl methyl sites for hydroxylation is 2. The molecule has 66 heavy (non-hydrogen) atoms.